The molecule has 0 aliphatic heterocycles. The first kappa shape index (κ1) is 17.9. The minimum atomic E-state index is -0.144. The van der Waals surface area contributed by atoms with Gasteiger partial charge in [0.1, 0.15) is 0 Å². The van der Waals surface area contributed by atoms with Crippen molar-refractivity contribution in [3.05, 3.63) is 71.2 Å². The van der Waals surface area contributed by atoms with Gasteiger partial charge in [0.15, 0.2) is 12.9 Å². The van der Waals surface area contributed by atoms with Gasteiger partial charge in [-0.05, 0) is 56.7 Å². The monoisotopic (exact) mass is 372 g/mol. The van der Waals surface area contributed by atoms with Crippen LogP contribution >= 0.6 is 0 Å². The first-order valence-corrected chi connectivity index (χ1v) is 9.12. The Kier molecular flexibility index (Phi) is 4.39. The maximum Gasteiger partial charge on any atom is 0.323 e. The Morgan fingerprint density at radius 3 is 2.61 bits per heavy atom. The predicted octanol–water partition coefficient (Wildman–Crippen LogP) is 3.63. The van der Waals surface area contributed by atoms with Gasteiger partial charge in [-0.15, -0.1) is 4.68 Å². The molecule has 6 heteroatoms. The molecule has 2 N–H and O–H groups in total. The molecule has 4 rings (SSSR count). The number of amides is 1. The number of hydrogen-bond acceptors (Lipinski definition) is 3. The second-order valence-electron chi connectivity index (χ2n) is 7.10. The minimum Gasteiger partial charge on any atom is -0.316 e. The van der Waals surface area contributed by atoms with E-state index in [0.717, 1.165) is 33.3 Å². The number of aryl methyl sites for hydroxylation is 4. The molecular weight excluding hydrogens is 350 g/mol. The molecule has 0 unspecified atom stereocenters. The Bertz CT molecular complexity index is 1190. The van der Waals surface area contributed by atoms with Gasteiger partial charge in [0.25, 0.3) is 5.69 Å². The second-order valence-corrected chi connectivity index (χ2v) is 7.10. The number of anilines is 1. The normalized spacial score (nSPS) is 11.0. The molecule has 0 saturated carbocycles. The van der Waals surface area contributed by atoms with Crippen molar-refractivity contribution >= 4 is 22.5 Å². The molecule has 0 bridgehead atoms. The number of nitrogens with zero attached hydrogens (tertiary/aromatic N) is 3. The maximum atomic E-state index is 12.6. The van der Waals surface area contributed by atoms with E-state index in [1.54, 1.807) is 4.68 Å². The Hall–Kier alpha value is -3.54. The van der Waals surface area contributed by atoms with Crippen LogP contribution in [-0.2, 0) is 7.05 Å². The zero-order chi connectivity index (χ0) is 19.8. The third kappa shape index (κ3) is 3.24. The summed E-state index contributed by atoms with van der Waals surface area (Å²) in [5.74, 6) is 0.527. The summed E-state index contributed by atoms with van der Waals surface area (Å²) in [5.41, 5.74) is 6.25. The van der Waals surface area contributed by atoms with Gasteiger partial charge in [-0.1, -0.05) is 11.6 Å². The van der Waals surface area contributed by atoms with E-state index in [0.29, 0.717) is 11.5 Å². The molecule has 0 radical (unpaired) electrons. The van der Waals surface area contributed by atoms with Gasteiger partial charge in [0.2, 0.25) is 0 Å². The van der Waals surface area contributed by atoms with Gasteiger partial charge in [-0.3, -0.25) is 4.79 Å². The van der Waals surface area contributed by atoms with E-state index in [2.05, 4.69) is 33.4 Å². The van der Waals surface area contributed by atoms with Crippen molar-refractivity contribution in [2.24, 2.45) is 7.05 Å². The summed E-state index contributed by atoms with van der Waals surface area (Å²) in [7, 11) is 1.82. The lowest BCUT2D eigenvalue weighted by Gasteiger charge is -2.09. The van der Waals surface area contributed by atoms with Gasteiger partial charge in [-0.2, -0.15) is 5.10 Å². The lowest BCUT2D eigenvalue weighted by atomic mass is 10.1. The van der Waals surface area contributed by atoms with E-state index in [4.69, 9.17) is 0 Å². The van der Waals surface area contributed by atoms with E-state index < -0.39 is 0 Å². The van der Waals surface area contributed by atoms with Crippen molar-refractivity contribution in [1.29, 1.82) is 0 Å². The van der Waals surface area contributed by atoms with Gasteiger partial charge in [0, 0.05) is 22.8 Å². The Morgan fingerprint density at radius 2 is 1.89 bits per heavy atom. The number of carbonyl (C=O) groups is 1. The molecule has 0 fully saturated rings. The standard InChI is InChI=1S/C22H21N5O/c1-13-5-7-19-17(9-13)12-23-21(25-19)16-6-8-18(14(2)10-16)26-22(28)20-15(3)11-24-27(20)4/h5-12H,1-4H3,(H,23,25,26,28)/p+1. The van der Waals surface area contributed by atoms with Crippen molar-refractivity contribution in [3.63, 3.8) is 0 Å². The minimum absolute atomic E-state index is 0.144. The second kappa shape index (κ2) is 6.88. The largest absolute Gasteiger partial charge is 0.323 e. The number of aromatic amines is 1. The van der Waals surface area contributed by atoms with Crippen LogP contribution in [0.4, 0.5) is 5.69 Å². The number of H-pyrrole nitrogens is 1. The molecule has 2 aromatic carbocycles. The van der Waals surface area contributed by atoms with Gasteiger partial charge in [-0.25, -0.2) is 9.97 Å². The van der Waals surface area contributed by atoms with Crippen molar-refractivity contribution in [3.8, 4) is 11.4 Å². The SMILES string of the molecule is Cc1ccc2nc(-c3ccc(NC(=O)c4c(C)c[nH][n+]4C)c(C)c3)ncc2c1. The van der Waals surface area contributed by atoms with Crippen LogP contribution in [0.15, 0.2) is 48.8 Å². The fourth-order valence-corrected chi connectivity index (χ4v) is 3.34. The Labute approximate surface area is 163 Å². The number of carbonyl (C=O) groups excluding carboxylic acids is 1. The molecule has 140 valence electrons. The van der Waals surface area contributed by atoms with Crippen LogP contribution in [-0.4, -0.2) is 21.0 Å². The number of fused-ring (bicyclic) bond motifs is 1. The number of aromatic nitrogens is 4. The van der Waals surface area contributed by atoms with Crippen molar-refractivity contribution in [2.75, 3.05) is 5.32 Å². The highest BCUT2D eigenvalue weighted by Gasteiger charge is 2.22. The molecule has 0 aliphatic rings. The maximum absolute atomic E-state index is 12.6. The average molecular weight is 372 g/mol. The zero-order valence-corrected chi connectivity index (χ0v) is 16.4. The molecule has 0 saturated heterocycles. The smallest absolute Gasteiger partial charge is 0.316 e. The highest BCUT2D eigenvalue weighted by molar-refractivity contribution is 6.03. The topological polar surface area (TPSA) is 74.6 Å². The van der Waals surface area contributed by atoms with E-state index >= 15 is 0 Å². The average Bonchev–Trinajstić information content (AvgIpc) is 3.01. The lowest BCUT2D eigenvalue weighted by molar-refractivity contribution is -0.728. The number of nitrogens with one attached hydrogen (secondary N) is 2. The van der Waals surface area contributed by atoms with Crippen LogP contribution < -0.4 is 10.00 Å². The summed E-state index contributed by atoms with van der Waals surface area (Å²) in [5, 5.41) is 7.02. The third-order valence-corrected chi connectivity index (χ3v) is 4.87. The Morgan fingerprint density at radius 1 is 1.07 bits per heavy atom. The van der Waals surface area contributed by atoms with Crippen LogP contribution in [0, 0.1) is 20.8 Å². The number of benzene rings is 2. The van der Waals surface area contributed by atoms with E-state index in [-0.39, 0.29) is 5.91 Å². The molecule has 0 aliphatic carbocycles. The zero-order valence-electron chi connectivity index (χ0n) is 16.4. The van der Waals surface area contributed by atoms with Crippen molar-refractivity contribution in [1.82, 2.24) is 15.1 Å². The molecule has 2 aromatic heterocycles. The first-order chi connectivity index (χ1) is 13.4. The van der Waals surface area contributed by atoms with Crippen LogP contribution in [0.2, 0.25) is 0 Å². The molecule has 28 heavy (non-hydrogen) atoms. The molecule has 0 spiro atoms. The van der Waals surface area contributed by atoms with Gasteiger partial charge < -0.3 is 5.32 Å². The summed E-state index contributed by atoms with van der Waals surface area (Å²) in [4.78, 5) is 21.8. The molecular formula is C22H22N5O+. The molecule has 4 aromatic rings. The predicted molar refractivity (Wildman–Crippen MR) is 109 cm³/mol. The molecule has 1 amide bonds. The molecule has 0 atom stereocenters. The highest BCUT2D eigenvalue weighted by atomic mass is 16.2. The summed E-state index contributed by atoms with van der Waals surface area (Å²) in [6.45, 7) is 5.92. The van der Waals surface area contributed by atoms with Gasteiger partial charge in [0.05, 0.1) is 17.3 Å². The third-order valence-electron chi connectivity index (χ3n) is 4.87. The molecule has 6 nitrogen and oxygen atoms in total. The fraction of sp³-hybridized carbons (Fsp3) is 0.182. The highest BCUT2D eigenvalue weighted by Crippen LogP contribution is 2.24. The van der Waals surface area contributed by atoms with E-state index in [9.17, 15) is 4.79 Å². The van der Waals surface area contributed by atoms with Crippen LogP contribution in [0.25, 0.3) is 22.3 Å². The quantitative estimate of drug-likeness (QED) is 0.539. The van der Waals surface area contributed by atoms with Crippen molar-refractivity contribution < 1.29 is 9.48 Å². The van der Waals surface area contributed by atoms with Crippen LogP contribution in [0.5, 0.6) is 0 Å². The number of hydrogen-bond donors (Lipinski definition) is 2. The van der Waals surface area contributed by atoms with Crippen LogP contribution in [0.1, 0.15) is 27.2 Å². The Balaban J connectivity index is 1.63. The van der Waals surface area contributed by atoms with Crippen LogP contribution in [0.3, 0.4) is 0 Å². The first-order valence-electron chi connectivity index (χ1n) is 9.12. The number of rotatable bonds is 3. The fourth-order valence-electron chi connectivity index (χ4n) is 3.34. The summed E-state index contributed by atoms with van der Waals surface area (Å²) < 4.78 is 1.71. The summed E-state index contributed by atoms with van der Waals surface area (Å²) in [6.07, 6.45) is 3.66. The summed E-state index contributed by atoms with van der Waals surface area (Å²) >= 11 is 0. The van der Waals surface area contributed by atoms with Crippen molar-refractivity contribution in [2.45, 2.75) is 20.8 Å². The molecule has 2 heterocycles. The van der Waals surface area contributed by atoms with E-state index in [1.807, 2.05) is 63.6 Å². The summed E-state index contributed by atoms with van der Waals surface area (Å²) in [6, 6.07) is 12.0. The lowest BCUT2D eigenvalue weighted by Crippen LogP contribution is -2.38. The van der Waals surface area contributed by atoms with Gasteiger partial charge >= 0.3 is 5.91 Å². The van der Waals surface area contributed by atoms with E-state index in [1.165, 1.54) is 5.56 Å².